The van der Waals surface area contributed by atoms with Crippen molar-refractivity contribution in [3.63, 3.8) is 0 Å². The molecule has 0 bridgehead atoms. The largest absolute Gasteiger partial charge is 0.368 e. The fourth-order valence-electron chi connectivity index (χ4n) is 3.82. The molecule has 0 saturated carbocycles. The molecule has 0 radical (unpaired) electrons. The van der Waals surface area contributed by atoms with Gasteiger partial charge in [0.15, 0.2) is 0 Å². The van der Waals surface area contributed by atoms with Crippen molar-refractivity contribution in [1.82, 2.24) is 14.7 Å². The molecule has 166 valence electrons. The third kappa shape index (κ3) is 5.02. The van der Waals surface area contributed by atoms with E-state index in [4.69, 9.17) is 11.6 Å². The Morgan fingerprint density at radius 1 is 1.03 bits per heavy atom. The van der Waals surface area contributed by atoms with Gasteiger partial charge >= 0.3 is 0 Å². The molecule has 2 aromatic carbocycles. The summed E-state index contributed by atoms with van der Waals surface area (Å²) in [4.78, 5) is 16.7. The van der Waals surface area contributed by atoms with Crippen LogP contribution in [0.2, 0.25) is 5.15 Å². The number of aromatic nitrogens is 2. The van der Waals surface area contributed by atoms with Gasteiger partial charge in [-0.25, -0.2) is 9.07 Å². The van der Waals surface area contributed by atoms with E-state index >= 15 is 0 Å². The standard InChI is InChI=1S/C25H26ClFN4O/c1-18-3-5-20(6-4-18)17-31-25(26)23(19(2)28-31)11-12-24(32)30-15-13-29(14-16-30)22-9-7-21(27)8-10-22/h3-12H,13-17H2,1-2H3/b12-11+. The maximum Gasteiger partial charge on any atom is 0.246 e. The van der Waals surface area contributed by atoms with Crippen LogP contribution in [0.1, 0.15) is 22.4 Å². The predicted octanol–water partition coefficient (Wildman–Crippen LogP) is 4.70. The van der Waals surface area contributed by atoms with Gasteiger partial charge in [-0.15, -0.1) is 0 Å². The summed E-state index contributed by atoms with van der Waals surface area (Å²) in [7, 11) is 0. The summed E-state index contributed by atoms with van der Waals surface area (Å²) in [6.07, 6.45) is 3.32. The molecule has 2 heterocycles. The third-order valence-corrected chi connectivity index (χ3v) is 6.14. The fourth-order valence-corrected chi connectivity index (χ4v) is 4.12. The summed E-state index contributed by atoms with van der Waals surface area (Å²) < 4.78 is 14.9. The molecule has 1 saturated heterocycles. The van der Waals surface area contributed by atoms with Gasteiger partial charge in [-0.3, -0.25) is 4.79 Å². The molecule has 1 fully saturated rings. The first-order valence-corrected chi connectivity index (χ1v) is 11.0. The van der Waals surface area contributed by atoms with Gasteiger partial charge in [0.25, 0.3) is 0 Å². The molecule has 1 aliphatic heterocycles. The number of carbonyl (C=O) groups excluding carboxylic acids is 1. The third-order valence-electron chi connectivity index (χ3n) is 5.74. The van der Waals surface area contributed by atoms with Crippen LogP contribution in [-0.2, 0) is 11.3 Å². The Bertz CT molecular complexity index is 1110. The molecular weight excluding hydrogens is 427 g/mol. The maximum atomic E-state index is 13.1. The first-order chi connectivity index (χ1) is 15.4. The van der Waals surface area contributed by atoms with Gasteiger partial charge in [0.2, 0.25) is 5.91 Å². The minimum Gasteiger partial charge on any atom is -0.368 e. The number of halogens is 2. The zero-order valence-electron chi connectivity index (χ0n) is 18.3. The smallest absolute Gasteiger partial charge is 0.246 e. The van der Waals surface area contributed by atoms with Crippen LogP contribution in [0.4, 0.5) is 10.1 Å². The molecule has 0 N–H and O–H groups in total. The molecule has 0 aliphatic carbocycles. The van der Waals surface area contributed by atoms with Crippen molar-refractivity contribution in [2.45, 2.75) is 20.4 Å². The van der Waals surface area contributed by atoms with Gasteiger partial charge in [0, 0.05) is 43.5 Å². The molecule has 4 rings (SSSR count). The van der Waals surface area contributed by atoms with Gasteiger partial charge < -0.3 is 9.80 Å². The van der Waals surface area contributed by atoms with Gasteiger partial charge in [-0.05, 0) is 49.8 Å². The van der Waals surface area contributed by atoms with Crippen LogP contribution in [0.25, 0.3) is 6.08 Å². The van der Waals surface area contributed by atoms with E-state index in [-0.39, 0.29) is 11.7 Å². The van der Waals surface area contributed by atoms with E-state index in [1.54, 1.807) is 29.0 Å². The van der Waals surface area contributed by atoms with Crippen molar-refractivity contribution in [3.05, 3.63) is 88.0 Å². The molecule has 3 aromatic rings. The van der Waals surface area contributed by atoms with Crippen molar-refractivity contribution >= 4 is 29.3 Å². The molecule has 1 aromatic heterocycles. The van der Waals surface area contributed by atoms with Crippen LogP contribution >= 0.6 is 11.6 Å². The minimum absolute atomic E-state index is 0.0505. The first kappa shape index (κ1) is 22.1. The van der Waals surface area contributed by atoms with E-state index in [1.807, 2.05) is 11.8 Å². The number of piperazine rings is 1. The van der Waals surface area contributed by atoms with Gasteiger partial charge in [-0.2, -0.15) is 5.10 Å². The highest BCUT2D eigenvalue weighted by molar-refractivity contribution is 6.31. The van der Waals surface area contributed by atoms with Crippen molar-refractivity contribution in [2.24, 2.45) is 0 Å². The lowest BCUT2D eigenvalue weighted by Gasteiger charge is -2.35. The van der Waals surface area contributed by atoms with Crippen LogP contribution in [0.5, 0.6) is 0 Å². The van der Waals surface area contributed by atoms with Crippen molar-refractivity contribution in [2.75, 3.05) is 31.1 Å². The van der Waals surface area contributed by atoms with E-state index < -0.39 is 0 Å². The van der Waals surface area contributed by atoms with Crippen LogP contribution in [0, 0.1) is 19.7 Å². The van der Waals surface area contributed by atoms with Crippen LogP contribution < -0.4 is 4.90 Å². The highest BCUT2D eigenvalue weighted by atomic mass is 35.5. The lowest BCUT2D eigenvalue weighted by Crippen LogP contribution is -2.48. The number of benzene rings is 2. The topological polar surface area (TPSA) is 41.4 Å². The maximum absolute atomic E-state index is 13.1. The molecule has 32 heavy (non-hydrogen) atoms. The summed E-state index contributed by atoms with van der Waals surface area (Å²) in [6, 6.07) is 14.7. The molecule has 0 spiro atoms. The quantitative estimate of drug-likeness (QED) is 0.527. The summed E-state index contributed by atoms with van der Waals surface area (Å²) in [5.41, 5.74) is 4.84. The van der Waals surface area contributed by atoms with Gasteiger partial charge in [0.1, 0.15) is 11.0 Å². The van der Waals surface area contributed by atoms with Crippen LogP contribution in [0.15, 0.2) is 54.6 Å². The Morgan fingerprint density at radius 3 is 2.34 bits per heavy atom. The molecule has 1 aliphatic rings. The molecule has 0 unspecified atom stereocenters. The van der Waals surface area contributed by atoms with Crippen molar-refractivity contribution in [3.8, 4) is 0 Å². The molecule has 7 heteroatoms. The highest BCUT2D eigenvalue weighted by Crippen LogP contribution is 2.23. The number of amides is 1. The Balaban J connectivity index is 1.38. The summed E-state index contributed by atoms with van der Waals surface area (Å²) in [5.74, 6) is -0.297. The Morgan fingerprint density at radius 2 is 1.69 bits per heavy atom. The van der Waals surface area contributed by atoms with Crippen molar-refractivity contribution in [1.29, 1.82) is 0 Å². The number of aryl methyl sites for hydroxylation is 2. The first-order valence-electron chi connectivity index (χ1n) is 10.7. The number of anilines is 1. The van der Waals surface area contributed by atoms with E-state index in [0.717, 1.165) is 22.5 Å². The van der Waals surface area contributed by atoms with Crippen molar-refractivity contribution < 1.29 is 9.18 Å². The van der Waals surface area contributed by atoms with Gasteiger partial charge in [0.05, 0.1) is 12.2 Å². The normalized spacial score (nSPS) is 14.4. The van der Waals surface area contributed by atoms with Gasteiger partial charge in [-0.1, -0.05) is 41.4 Å². The van der Waals surface area contributed by atoms with Crippen LogP contribution in [-0.4, -0.2) is 46.8 Å². The second-order valence-corrected chi connectivity index (χ2v) is 8.41. The zero-order chi connectivity index (χ0) is 22.7. The number of rotatable bonds is 5. The summed E-state index contributed by atoms with van der Waals surface area (Å²) in [6.45, 7) is 7.16. The SMILES string of the molecule is Cc1ccc(Cn2nc(C)c(/C=C/C(=O)N3CCN(c4ccc(F)cc4)CC3)c2Cl)cc1. The van der Waals surface area contributed by atoms with E-state index in [0.29, 0.717) is 37.9 Å². The second-order valence-electron chi connectivity index (χ2n) is 8.06. The zero-order valence-corrected chi connectivity index (χ0v) is 19.0. The highest BCUT2D eigenvalue weighted by Gasteiger charge is 2.20. The lowest BCUT2D eigenvalue weighted by molar-refractivity contribution is -0.126. The molecule has 1 amide bonds. The monoisotopic (exact) mass is 452 g/mol. The lowest BCUT2D eigenvalue weighted by atomic mass is 10.1. The molecule has 5 nitrogen and oxygen atoms in total. The Kier molecular flexibility index (Phi) is 6.61. The van der Waals surface area contributed by atoms with Crippen LogP contribution in [0.3, 0.4) is 0 Å². The molecular formula is C25H26ClFN4O. The minimum atomic E-state index is -0.246. The second kappa shape index (κ2) is 9.57. The number of hydrogen-bond acceptors (Lipinski definition) is 3. The molecule has 0 atom stereocenters. The summed E-state index contributed by atoms with van der Waals surface area (Å²) in [5, 5.41) is 5.06. The average Bonchev–Trinajstić information content (AvgIpc) is 3.06. The number of carbonyl (C=O) groups is 1. The van der Waals surface area contributed by atoms with E-state index in [2.05, 4.69) is 41.2 Å². The summed E-state index contributed by atoms with van der Waals surface area (Å²) >= 11 is 6.57. The van der Waals surface area contributed by atoms with E-state index in [9.17, 15) is 9.18 Å². The number of hydrogen-bond donors (Lipinski definition) is 0. The van der Waals surface area contributed by atoms with E-state index in [1.165, 1.54) is 17.7 Å². The Labute approximate surface area is 192 Å². The average molecular weight is 453 g/mol. The predicted molar refractivity (Wildman–Crippen MR) is 126 cm³/mol. The number of nitrogens with zero attached hydrogens (tertiary/aromatic N) is 4. The Hall–Kier alpha value is -3.12. The fraction of sp³-hybridized carbons (Fsp3) is 0.280.